The van der Waals surface area contributed by atoms with Gasteiger partial charge >= 0.3 is 0 Å². The third-order valence-electron chi connectivity index (χ3n) is 4.40. The zero-order valence-electron chi connectivity index (χ0n) is 15.6. The van der Waals surface area contributed by atoms with E-state index in [9.17, 15) is 0 Å². The van der Waals surface area contributed by atoms with E-state index in [1.54, 1.807) is 0 Å². The Hall–Kier alpha value is -1.59. The van der Waals surface area contributed by atoms with Crippen LogP contribution in [0.1, 0.15) is 31.9 Å². The van der Waals surface area contributed by atoms with Gasteiger partial charge in [0.25, 0.3) is 0 Å². The highest BCUT2D eigenvalue weighted by atomic mass is 16.5. The molecular weight excluding hydrogens is 300 g/mol. The Labute approximate surface area is 146 Å². The van der Waals surface area contributed by atoms with Crippen molar-refractivity contribution in [2.45, 2.75) is 39.8 Å². The van der Waals surface area contributed by atoms with Crippen molar-refractivity contribution >= 4 is 5.96 Å². The third kappa shape index (κ3) is 5.80. The van der Waals surface area contributed by atoms with Gasteiger partial charge in [-0.2, -0.15) is 0 Å². The van der Waals surface area contributed by atoms with Gasteiger partial charge in [0.1, 0.15) is 0 Å². The number of nitrogens with zero attached hydrogens (tertiary/aromatic N) is 2. The summed E-state index contributed by atoms with van der Waals surface area (Å²) >= 11 is 0. The number of rotatable bonds is 6. The molecule has 2 rings (SSSR count). The van der Waals surface area contributed by atoms with Crippen LogP contribution in [-0.4, -0.2) is 55.8 Å². The van der Waals surface area contributed by atoms with Gasteiger partial charge in [0.15, 0.2) is 5.96 Å². The summed E-state index contributed by atoms with van der Waals surface area (Å²) in [6, 6.07) is 8.51. The van der Waals surface area contributed by atoms with Gasteiger partial charge in [-0.05, 0) is 33.3 Å². The fourth-order valence-electron chi connectivity index (χ4n) is 2.90. The zero-order chi connectivity index (χ0) is 17.4. The molecule has 0 aromatic heterocycles. The summed E-state index contributed by atoms with van der Waals surface area (Å²) in [5.41, 5.74) is 2.58. The number of ether oxygens (including phenoxy) is 1. The van der Waals surface area contributed by atoms with Crippen molar-refractivity contribution < 1.29 is 4.74 Å². The van der Waals surface area contributed by atoms with Crippen LogP contribution in [0.4, 0.5) is 0 Å². The SMILES string of the molecule is CCNC(=NCc1cccc(C)c1)NCC(C)(C)N1CCOCC1. The Morgan fingerprint density at radius 2 is 2.00 bits per heavy atom. The van der Waals surface area contributed by atoms with E-state index in [-0.39, 0.29) is 5.54 Å². The summed E-state index contributed by atoms with van der Waals surface area (Å²) in [5.74, 6) is 0.875. The minimum absolute atomic E-state index is 0.0727. The first kappa shape index (κ1) is 18.7. The molecule has 1 heterocycles. The average Bonchev–Trinajstić information content (AvgIpc) is 2.58. The summed E-state index contributed by atoms with van der Waals surface area (Å²) in [6.07, 6.45) is 0. The lowest BCUT2D eigenvalue weighted by Crippen LogP contribution is -2.56. The quantitative estimate of drug-likeness (QED) is 0.619. The number of hydrogen-bond acceptors (Lipinski definition) is 3. The van der Waals surface area contributed by atoms with Crippen molar-refractivity contribution in [1.29, 1.82) is 0 Å². The molecule has 0 unspecified atom stereocenters. The highest BCUT2D eigenvalue weighted by Crippen LogP contribution is 2.15. The van der Waals surface area contributed by atoms with E-state index >= 15 is 0 Å². The van der Waals surface area contributed by atoms with Crippen LogP contribution in [0.5, 0.6) is 0 Å². The first-order valence-electron chi connectivity index (χ1n) is 8.92. The monoisotopic (exact) mass is 332 g/mol. The second-order valence-corrected chi connectivity index (χ2v) is 6.95. The second kappa shape index (κ2) is 9.04. The first-order valence-corrected chi connectivity index (χ1v) is 8.92. The number of aliphatic imine (C=N–C) groups is 1. The molecule has 2 N–H and O–H groups in total. The lowest BCUT2D eigenvalue weighted by atomic mass is 10.0. The zero-order valence-corrected chi connectivity index (χ0v) is 15.6. The molecule has 1 fully saturated rings. The van der Waals surface area contributed by atoms with E-state index in [4.69, 9.17) is 9.73 Å². The Morgan fingerprint density at radius 3 is 2.67 bits per heavy atom. The summed E-state index contributed by atoms with van der Waals surface area (Å²) in [5, 5.41) is 6.84. The minimum atomic E-state index is 0.0727. The smallest absolute Gasteiger partial charge is 0.191 e. The van der Waals surface area contributed by atoms with Crippen LogP contribution < -0.4 is 10.6 Å². The summed E-state index contributed by atoms with van der Waals surface area (Å²) in [7, 11) is 0. The van der Waals surface area contributed by atoms with Gasteiger partial charge in [-0.3, -0.25) is 4.90 Å². The number of nitrogens with one attached hydrogen (secondary N) is 2. The van der Waals surface area contributed by atoms with Gasteiger partial charge in [-0.1, -0.05) is 29.8 Å². The van der Waals surface area contributed by atoms with Crippen LogP contribution in [0.3, 0.4) is 0 Å². The molecule has 1 aliphatic rings. The molecule has 0 saturated carbocycles. The van der Waals surface area contributed by atoms with Crippen LogP contribution in [0, 0.1) is 6.92 Å². The predicted octanol–water partition coefficient (Wildman–Crippen LogP) is 2.16. The predicted molar refractivity (Wildman–Crippen MR) is 100 cm³/mol. The molecule has 134 valence electrons. The Morgan fingerprint density at radius 1 is 1.25 bits per heavy atom. The van der Waals surface area contributed by atoms with Crippen LogP contribution >= 0.6 is 0 Å². The molecule has 0 spiro atoms. The van der Waals surface area contributed by atoms with Gasteiger partial charge in [-0.25, -0.2) is 4.99 Å². The standard InChI is InChI=1S/C19H32N4O/c1-5-20-18(21-14-17-8-6-7-16(2)13-17)22-15-19(3,4)23-9-11-24-12-10-23/h6-8,13H,5,9-12,14-15H2,1-4H3,(H2,20,21,22). The van der Waals surface area contributed by atoms with Crippen molar-refractivity contribution in [3.05, 3.63) is 35.4 Å². The molecule has 5 nitrogen and oxygen atoms in total. The molecule has 0 atom stereocenters. The highest BCUT2D eigenvalue weighted by Gasteiger charge is 2.28. The first-order chi connectivity index (χ1) is 11.5. The maximum Gasteiger partial charge on any atom is 0.191 e. The number of benzene rings is 1. The number of morpholine rings is 1. The van der Waals surface area contributed by atoms with Crippen molar-refractivity contribution in [2.75, 3.05) is 39.4 Å². The molecule has 1 aromatic carbocycles. The Kier molecular flexibility index (Phi) is 7.06. The molecule has 1 saturated heterocycles. The molecule has 1 aromatic rings. The van der Waals surface area contributed by atoms with E-state index in [0.717, 1.165) is 45.4 Å². The van der Waals surface area contributed by atoms with Gasteiger partial charge in [-0.15, -0.1) is 0 Å². The molecule has 1 aliphatic heterocycles. The van der Waals surface area contributed by atoms with Crippen LogP contribution in [0.15, 0.2) is 29.3 Å². The van der Waals surface area contributed by atoms with E-state index in [1.165, 1.54) is 11.1 Å². The molecule has 5 heteroatoms. The summed E-state index contributed by atoms with van der Waals surface area (Å²) in [4.78, 5) is 7.20. The second-order valence-electron chi connectivity index (χ2n) is 6.95. The topological polar surface area (TPSA) is 48.9 Å². The van der Waals surface area contributed by atoms with E-state index in [0.29, 0.717) is 6.54 Å². The van der Waals surface area contributed by atoms with Crippen LogP contribution in [0.25, 0.3) is 0 Å². The largest absolute Gasteiger partial charge is 0.379 e. The molecule has 0 bridgehead atoms. The summed E-state index contributed by atoms with van der Waals surface area (Å²) in [6.45, 7) is 14.8. The van der Waals surface area contributed by atoms with E-state index < -0.39 is 0 Å². The van der Waals surface area contributed by atoms with E-state index in [2.05, 4.69) is 67.5 Å². The van der Waals surface area contributed by atoms with Gasteiger partial charge in [0, 0.05) is 31.7 Å². The van der Waals surface area contributed by atoms with Crippen molar-refractivity contribution in [3.63, 3.8) is 0 Å². The van der Waals surface area contributed by atoms with Crippen molar-refractivity contribution in [1.82, 2.24) is 15.5 Å². The molecular formula is C19H32N4O. The normalized spacial score (nSPS) is 16.9. The lowest BCUT2D eigenvalue weighted by molar-refractivity contribution is -0.00834. The number of guanidine groups is 1. The number of hydrogen-bond donors (Lipinski definition) is 2. The van der Waals surface area contributed by atoms with Crippen LogP contribution in [0.2, 0.25) is 0 Å². The molecule has 0 amide bonds. The fourth-order valence-corrected chi connectivity index (χ4v) is 2.90. The van der Waals surface area contributed by atoms with Crippen molar-refractivity contribution in [2.24, 2.45) is 4.99 Å². The minimum Gasteiger partial charge on any atom is -0.379 e. The van der Waals surface area contributed by atoms with E-state index in [1.807, 2.05) is 0 Å². The average molecular weight is 332 g/mol. The van der Waals surface area contributed by atoms with Gasteiger partial charge < -0.3 is 15.4 Å². The lowest BCUT2D eigenvalue weighted by Gasteiger charge is -2.41. The number of aryl methyl sites for hydroxylation is 1. The maximum absolute atomic E-state index is 5.46. The summed E-state index contributed by atoms with van der Waals surface area (Å²) < 4.78 is 5.46. The van der Waals surface area contributed by atoms with Crippen molar-refractivity contribution in [3.8, 4) is 0 Å². The fraction of sp³-hybridized carbons (Fsp3) is 0.632. The third-order valence-corrected chi connectivity index (χ3v) is 4.40. The molecule has 0 aliphatic carbocycles. The maximum atomic E-state index is 5.46. The van der Waals surface area contributed by atoms with Crippen LogP contribution in [-0.2, 0) is 11.3 Å². The molecule has 0 radical (unpaired) electrons. The highest BCUT2D eigenvalue weighted by molar-refractivity contribution is 5.79. The van der Waals surface area contributed by atoms with Gasteiger partial charge in [0.05, 0.1) is 19.8 Å². The van der Waals surface area contributed by atoms with Gasteiger partial charge in [0.2, 0.25) is 0 Å². The Bertz CT molecular complexity index is 536. The molecule has 24 heavy (non-hydrogen) atoms. The Balaban J connectivity index is 1.93.